The van der Waals surface area contributed by atoms with Gasteiger partial charge in [-0.3, -0.25) is 4.79 Å². The first kappa shape index (κ1) is 20.9. The molecule has 7 heteroatoms. The number of halogens is 3. The topological polar surface area (TPSA) is 36.4 Å². The SMILES string of the molecule is O=C(/C=C/c1cccc2ccccc12)N1CCCN(c2ccc(C(F)(F)F)cn2)CC1. The molecule has 1 amide bonds. The van der Waals surface area contributed by atoms with Gasteiger partial charge in [-0.05, 0) is 41.0 Å². The van der Waals surface area contributed by atoms with Gasteiger partial charge in [0.15, 0.2) is 0 Å². The molecule has 0 aliphatic carbocycles. The fourth-order valence-corrected chi connectivity index (χ4v) is 3.77. The third-order valence-corrected chi connectivity index (χ3v) is 5.44. The lowest BCUT2D eigenvalue weighted by atomic mass is 10.0. The van der Waals surface area contributed by atoms with Gasteiger partial charge in [0, 0.05) is 38.5 Å². The van der Waals surface area contributed by atoms with E-state index in [4.69, 9.17) is 0 Å². The molecule has 1 fully saturated rings. The second-order valence-corrected chi connectivity index (χ2v) is 7.47. The summed E-state index contributed by atoms with van der Waals surface area (Å²) in [5.41, 5.74) is 0.221. The van der Waals surface area contributed by atoms with Crippen molar-refractivity contribution in [2.45, 2.75) is 12.6 Å². The Bertz CT molecular complexity index is 1090. The second kappa shape index (κ2) is 8.79. The zero-order chi connectivity index (χ0) is 21.8. The molecule has 4 nitrogen and oxygen atoms in total. The van der Waals surface area contributed by atoms with Gasteiger partial charge < -0.3 is 9.80 Å². The maximum Gasteiger partial charge on any atom is 0.417 e. The lowest BCUT2D eigenvalue weighted by molar-refractivity contribution is -0.137. The van der Waals surface area contributed by atoms with Crippen LogP contribution in [0.15, 0.2) is 66.9 Å². The van der Waals surface area contributed by atoms with Crippen LogP contribution in [0.1, 0.15) is 17.5 Å². The highest BCUT2D eigenvalue weighted by Crippen LogP contribution is 2.29. The average molecular weight is 425 g/mol. The highest BCUT2D eigenvalue weighted by atomic mass is 19.4. The lowest BCUT2D eigenvalue weighted by Crippen LogP contribution is -2.34. The van der Waals surface area contributed by atoms with Crippen LogP contribution < -0.4 is 4.90 Å². The summed E-state index contributed by atoms with van der Waals surface area (Å²) >= 11 is 0. The monoisotopic (exact) mass is 425 g/mol. The third-order valence-electron chi connectivity index (χ3n) is 5.44. The lowest BCUT2D eigenvalue weighted by Gasteiger charge is -2.22. The highest BCUT2D eigenvalue weighted by molar-refractivity contribution is 5.96. The van der Waals surface area contributed by atoms with Gasteiger partial charge in [-0.2, -0.15) is 13.2 Å². The Labute approximate surface area is 178 Å². The number of amides is 1. The van der Waals surface area contributed by atoms with Crippen molar-refractivity contribution in [1.29, 1.82) is 0 Å². The van der Waals surface area contributed by atoms with Crippen LogP contribution in [-0.4, -0.2) is 42.0 Å². The maximum absolute atomic E-state index is 12.7. The molecule has 2 aromatic carbocycles. The van der Waals surface area contributed by atoms with E-state index >= 15 is 0 Å². The van der Waals surface area contributed by atoms with Crippen LogP contribution in [0.4, 0.5) is 19.0 Å². The van der Waals surface area contributed by atoms with E-state index in [9.17, 15) is 18.0 Å². The van der Waals surface area contributed by atoms with Crippen molar-refractivity contribution in [2.24, 2.45) is 0 Å². The first-order chi connectivity index (χ1) is 14.9. The van der Waals surface area contributed by atoms with Gasteiger partial charge in [-0.1, -0.05) is 42.5 Å². The van der Waals surface area contributed by atoms with E-state index in [1.807, 2.05) is 53.4 Å². The van der Waals surface area contributed by atoms with E-state index in [0.717, 1.165) is 35.0 Å². The molecule has 0 N–H and O–H groups in total. The van der Waals surface area contributed by atoms with E-state index in [1.165, 1.54) is 6.07 Å². The van der Waals surface area contributed by atoms with Crippen LogP contribution in [0.2, 0.25) is 0 Å². The molecule has 1 aliphatic rings. The summed E-state index contributed by atoms with van der Waals surface area (Å²) < 4.78 is 38.2. The molecule has 3 aromatic rings. The average Bonchev–Trinajstić information content (AvgIpc) is 3.03. The molecule has 4 rings (SSSR count). The number of carbonyl (C=O) groups excluding carboxylic acids is 1. The smallest absolute Gasteiger partial charge is 0.355 e. The minimum atomic E-state index is -4.40. The molecule has 0 atom stereocenters. The van der Waals surface area contributed by atoms with Crippen LogP contribution in [0, 0.1) is 0 Å². The summed E-state index contributed by atoms with van der Waals surface area (Å²) in [7, 11) is 0. The number of hydrogen-bond acceptors (Lipinski definition) is 3. The Kier molecular flexibility index (Phi) is 5.93. The number of fused-ring (bicyclic) bond motifs is 1. The Balaban J connectivity index is 1.41. The largest absolute Gasteiger partial charge is 0.417 e. The molecule has 1 saturated heterocycles. The van der Waals surface area contributed by atoms with Gasteiger partial charge in [0.25, 0.3) is 0 Å². The van der Waals surface area contributed by atoms with Gasteiger partial charge in [-0.25, -0.2) is 4.98 Å². The van der Waals surface area contributed by atoms with Crippen LogP contribution >= 0.6 is 0 Å². The van der Waals surface area contributed by atoms with E-state index in [2.05, 4.69) is 4.98 Å². The molecule has 0 saturated carbocycles. The zero-order valence-corrected chi connectivity index (χ0v) is 16.8. The molecule has 1 aromatic heterocycles. The second-order valence-electron chi connectivity index (χ2n) is 7.47. The van der Waals surface area contributed by atoms with Crippen molar-refractivity contribution in [2.75, 3.05) is 31.1 Å². The molecule has 1 aliphatic heterocycles. The molecule has 0 unspecified atom stereocenters. The van der Waals surface area contributed by atoms with Crippen molar-refractivity contribution in [3.8, 4) is 0 Å². The summed E-state index contributed by atoms with van der Waals surface area (Å²) in [6, 6.07) is 16.4. The van der Waals surface area contributed by atoms with Gasteiger partial charge in [0.05, 0.1) is 5.56 Å². The third kappa shape index (κ3) is 4.87. The van der Waals surface area contributed by atoms with Crippen molar-refractivity contribution < 1.29 is 18.0 Å². The molecule has 0 spiro atoms. The normalized spacial score (nSPS) is 15.5. The molecular formula is C24H22F3N3O. The molecule has 160 valence electrons. The molecule has 2 heterocycles. The van der Waals surface area contributed by atoms with Crippen molar-refractivity contribution >= 4 is 28.6 Å². The number of alkyl halides is 3. The summed E-state index contributed by atoms with van der Waals surface area (Å²) in [6.07, 6.45) is 0.606. The Morgan fingerprint density at radius 1 is 0.935 bits per heavy atom. The molecule has 31 heavy (non-hydrogen) atoms. The maximum atomic E-state index is 12.7. The van der Waals surface area contributed by atoms with E-state index in [0.29, 0.717) is 32.0 Å². The number of anilines is 1. The highest BCUT2D eigenvalue weighted by Gasteiger charge is 2.31. The molecule has 0 bridgehead atoms. The van der Waals surface area contributed by atoms with Gasteiger partial charge >= 0.3 is 6.18 Å². The van der Waals surface area contributed by atoms with Crippen molar-refractivity contribution in [1.82, 2.24) is 9.88 Å². The quantitative estimate of drug-likeness (QED) is 0.554. The fraction of sp³-hybridized carbons (Fsp3) is 0.250. The minimum Gasteiger partial charge on any atom is -0.355 e. The fourth-order valence-electron chi connectivity index (χ4n) is 3.77. The van der Waals surface area contributed by atoms with E-state index in [-0.39, 0.29) is 5.91 Å². The van der Waals surface area contributed by atoms with Gasteiger partial charge in [-0.15, -0.1) is 0 Å². The Morgan fingerprint density at radius 2 is 1.74 bits per heavy atom. The Hall–Kier alpha value is -3.35. The van der Waals surface area contributed by atoms with Gasteiger partial charge in [0.1, 0.15) is 5.82 Å². The number of nitrogens with zero attached hydrogens (tertiary/aromatic N) is 3. The number of rotatable bonds is 3. The predicted octanol–water partition coefficient (Wildman–Crippen LogP) is 5.01. The summed E-state index contributed by atoms with van der Waals surface area (Å²) in [5, 5.41) is 2.20. The zero-order valence-electron chi connectivity index (χ0n) is 16.8. The number of aromatic nitrogens is 1. The van der Waals surface area contributed by atoms with Crippen molar-refractivity contribution in [3.63, 3.8) is 0 Å². The van der Waals surface area contributed by atoms with Crippen LogP contribution in [0.3, 0.4) is 0 Å². The number of pyridine rings is 1. The predicted molar refractivity (Wildman–Crippen MR) is 116 cm³/mol. The summed E-state index contributed by atoms with van der Waals surface area (Å²) in [4.78, 5) is 20.4. The standard InChI is InChI=1S/C24H22F3N3O/c25-24(26,27)20-10-11-22(28-17-20)29-13-4-14-30(16-15-29)23(31)12-9-19-7-3-6-18-5-1-2-8-21(18)19/h1-3,5-12,17H,4,13-16H2/b12-9+. The van der Waals surface area contributed by atoms with Crippen LogP contribution in [-0.2, 0) is 11.0 Å². The van der Waals surface area contributed by atoms with Crippen LogP contribution in [0.25, 0.3) is 16.8 Å². The van der Waals surface area contributed by atoms with Gasteiger partial charge in [0.2, 0.25) is 5.91 Å². The van der Waals surface area contributed by atoms with E-state index in [1.54, 1.807) is 11.0 Å². The first-order valence-corrected chi connectivity index (χ1v) is 10.1. The first-order valence-electron chi connectivity index (χ1n) is 10.1. The summed E-state index contributed by atoms with van der Waals surface area (Å²) in [5.74, 6) is 0.420. The molecule has 0 radical (unpaired) electrons. The number of benzene rings is 2. The number of hydrogen-bond donors (Lipinski definition) is 0. The minimum absolute atomic E-state index is 0.0739. The number of carbonyl (C=O) groups is 1. The van der Waals surface area contributed by atoms with Crippen molar-refractivity contribution in [3.05, 3.63) is 78.0 Å². The summed E-state index contributed by atoms with van der Waals surface area (Å²) in [6.45, 7) is 2.23. The molecular weight excluding hydrogens is 403 g/mol. The van der Waals surface area contributed by atoms with Crippen LogP contribution in [0.5, 0.6) is 0 Å². The Morgan fingerprint density at radius 3 is 2.52 bits per heavy atom. The van der Waals surface area contributed by atoms with E-state index < -0.39 is 11.7 Å².